The Bertz CT molecular complexity index is 444. The molecule has 3 unspecified atom stereocenters. The quantitative estimate of drug-likeness (QED) is 0.0560. The number of hydrogen-bond donors (Lipinski definition) is 9. The van der Waals surface area contributed by atoms with Crippen LogP contribution in [0.4, 0.5) is 0 Å². The van der Waals surface area contributed by atoms with Crippen molar-refractivity contribution in [2.24, 2.45) is 57.7 Å². The molecule has 1 aliphatic rings. The number of rotatable bonds is 12. The van der Waals surface area contributed by atoms with E-state index in [2.05, 4.69) is 67.6 Å². The molecule has 17 N–H and O–H groups in total. The lowest BCUT2D eigenvalue weighted by atomic mass is 10.1. The molecular weight excluding hydrogens is 649 g/mol. The van der Waals surface area contributed by atoms with Crippen LogP contribution in [0.2, 0.25) is 0 Å². The number of piperidine rings is 1. The van der Waals surface area contributed by atoms with Crippen LogP contribution in [-0.2, 0) is 0 Å². The highest BCUT2D eigenvalue weighted by Gasteiger charge is 2.04. The molecule has 52 heavy (non-hydrogen) atoms. The molecule has 0 bridgehead atoms. The highest BCUT2D eigenvalue weighted by atomic mass is 16.5. The van der Waals surface area contributed by atoms with E-state index in [1.54, 1.807) is 21.1 Å². The van der Waals surface area contributed by atoms with Gasteiger partial charge in [-0.3, -0.25) is 0 Å². The summed E-state index contributed by atoms with van der Waals surface area (Å²) in [4.78, 5) is 0. The molecule has 11 nitrogen and oxygen atoms in total. The Morgan fingerprint density at radius 3 is 1.06 bits per heavy atom. The van der Waals surface area contributed by atoms with Crippen molar-refractivity contribution in [1.82, 2.24) is 5.32 Å². The Morgan fingerprint density at radius 2 is 0.942 bits per heavy atom. The van der Waals surface area contributed by atoms with Crippen molar-refractivity contribution in [3.63, 3.8) is 0 Å². The lowest BCUT2D eigenvalue weighted by molar-refractivity contribution is -0.818. The van der Waals surface area contributed by atoms with E-state index in [0.29, 0.717) is 23.9 Å². The first kappa shape index (κ1) is 72.8. The summed E-state index contributed by atoms with van der Waals surface area (Å²) in [5.74, 6) is 1.37. The summed E-state index contributed by atoms with van der Waals surface area (Å²) in [6.07, 6.45) is 16.5. The molecule has 3 atom stereocenters. The van der Waals surface area contributed by atoms with E-state index in [-0.39, 0.29) is 4.65 Å². The highest BCUT2D eigenvalue weighted by molar-refractivity contribution is 4.65. The smallest absolute Gasteiger partial charge is 0.0674 e. The molecule has 0 aromatic rings. The Labute approximate surface area is 330 Å². The Morgan fingerprint density at radius 1 is 0.615 bits per heavy atom. The van der Waals surface area contributed by atoms with Crippen molar-refractivity contribution in [3.05, 3.63) is 5.21 Å². The average Bonchev–Trinajstić information content (AvgIpc) is 3.08. The molecule has 0 aliphatic carbocycles. The lowest BCUT2D eigenvalue weighted by Gasteiger charge is -2.27. The van der Waals surface area contributed by atoms with Crippen LogP contribution in [0.5, 0.6) is 0 Å². The van der Waals surface area contributed by atoms with Crippen LogP contribution in [0.3, 0.4) is 0 Å². The monoisotopic (exact) mass is 759 g/mol. The summed E-state index contributed by atoms with van der Waals surface area (Å²) < 4.78 is -0.250. The molecule has 11 heteroatoms. The van der Waals surface area contributed by atoms with Gasteiger partial charge in [0.2, 0.25) is 0 Å². The van der Waals surface area contributed by atoms with Gasteiger partial charge in [0.25, 0.3) is 0 Å². The number of unbranched alkanes of at least 4 members (excludes halogenated alkanes) is 5. The van der Waals surface area contributed by atoms with E-state index < -0.39 is 0 Å². The fourth-order valence-electron chi connectivity index (χ4n) is 2.16. The third-order valence-corrected chi connectivity index (χ3v) is 5.93. The number of hydrogen-bond acceptors (Lipinski definition) is 10. The molecule has 0 aromatic carbocycles. The second-order valence-electron chi connectivity index (χ2n) is 14.8. The molecule has 0 saturated carbocycles. The van der Waals surface area contributed by atoms with Crippen molar-refractivity contribution >= 4 is 0 Å². The minimum atomic E-state index is -0.250. The van der Waals surface area contributed by atoms with Gasteiger partial charge in [-0.25, -0.2) is 0 Å². The number of quaternary nitrogens is 1. The molecular formula is C41H110N10O. The molecule has 1 heterocycles. The second-order valence-corrected chi connectivity index (χ2v) is 14.8. The van der Waals surface area contributed by atoms with Crippen molar-refractivity contribution < 1.29 is 4.65 Å². The normalized spacial score (nSPS) is 13.6. The van der Waals surface area contributed by atoms with E-state index in [4.69, 9.17) is 45.9 Å². The first-order valence-corrected chi connectivity index (χ1v) is 21.1. The molecule has 0 aromatic heterocycles. The third kappa shape index (κ3) is 211. The van der Waals surface area contributed by atoms with Crippen LogP contribution in [0.1, 0.15) is 173 Å². The second kappa shape index (κ2) is 71.9. The number of nitrogens with zero attached hydrogens (tertiary/aromatic N) is 1. The van der Waals surface area contributed by atoms with Crippen LogP contribution in [-0.4, -0.2) is 89.7 Å². The van der Waals surface area contributed by atoms with Gasteiger partial charge in [0.15, 0.2) is 0 Å². The SMILES string of the molecule is CC(C)CN.CC(C)N.CC1CCCCN1.CCC(C)CN.CCC(C)N.CCCCCCN.CCCCCN.CCCN.CCN.C[N+](C)(C)[O-]. The zero-order chi connectivity index (χ0) is 43.2. The molecule has 1 fully saturated rings. The lowest BCUT2D eigenvalue weighted by Crippen LogP contribution is -2.30. The van der Waals surface area contributed by atoms with Crippen LogP contribution < -0.4 is 51.2 Å². The van der Waals surface area contributed by atoms with Gasteiger partial charge in [0.05, 0.1) is 21.1 Å². The van der Waals surface area contributed by atoms with Gasteiger partial charge in [-0.2, -0.15) is 0 Å². The van der Waals surface area contributed by atoms with Crippen molar-refractivity contribution in [3.8, 4) is 0 Å². The van der Waals surface area contributed by atoms with Gasteiger partial charge in [-0.1, -0.05) is 121 Å². The molecule has 0 spiro atoms. The molecule has 1 aliphatic heterocycles. The fourth-order valence-corrected chi connectivity index (χ4v) is 2.16. The topological polar surface area (TPSA) is 243 Å². The fraction of sp³-hybridized carbons (Fsp3) is 1.00. The summed E-state index contributed by atoms with van der Waals surface area (Å²) in [7, 11) is 4.71. The van der Waals surface area contributed by atoms with Crippen molar-refractivity contribution in [1.29, 1.82) is 0 Å². The predicted octanol–water partition coefficient (Wildman–Crippen LogP) is 7.01. The first-order valence-electron chi connectivity index (χ1n) is 21.1. The maximum atomic E-state index is 10.0. The van der Waals surface area contributed by atoms with Crippen LogP contribution >= 0.6 is 0 Å². The Balaban J connectivity index is -0.0000000570. The Kier molecular flexibility index (Phi) is 101. The summed E-state index contributed by atoms with van der Waals surface area (Å²) in [5.41, 5.74) is 41.2. The molecule has 330 valence electrons. The largest absolute Gasteiger partial charge is 0.633 e. The van der Waals surface area contributed by atoms with Gasteiger partial charge < -0.3 is 61.0 Å². The van der Waals surface area contributed by atoms with Crippen molar-refractivity contribution in [2.75, 3.05) is 67.0 Å². The Hall–Kier alpha value is -0.440. The number of nitrogens with one attached hydrogen (secondary N) is 1. The third-order valence-electron chi connectivity index (χ3n) is 5.93. The van der Waals surface area contributed by atoms with Gasteiger partial charge in [0.1, 0.15) is 0 Å². The molecule has 0 radical (unpaired) electrons. The van der Waals surface area contributed by atoms with E-state index in [0.717, 1.165) is 58.2 Å². The zero-order valence-corrected chi connectivity index (χ0v) is 39.0. The summed E-state index contributed by atoms with van der Waals surface area (Å²) >= 11 is 0. The molecule has 0 amide bonds. The minimum Gasteiger partial charge on any atom is -0.633 e. The van der Waals surface area contributed by atoms with E-state index >= 15 is 0 Å². The predicted molar refractivity (Wildman–Crippen MR) is 244 cm³/mol. The maximum Gasteiger partial charge on any atom is 0.0674 e. The standard InChI is InChI=1S/C6H13N.C6H15N.2C5H13N.2C4H11N.C3H9NO.2C3H9N.C2H7N/c1-6-4-2-3-5-7-6;1-2-3-4-5-6-7;1-3-5(2)4-6;1-2-3-4-5-6;1-4(2)3-5;1-3-4(2)5;1-4(2,3)5;1-3(2)4;1-2-3-4;1-2-3/h6-7H,2-5H2,1H3;2-7H2,1H3;5H,3-4,6H2,1-2H3;2-6H2,1H3;2*4H,3,5H2,1-2H3;1-3H3;3H,4H2,1-2H3;2-4H2,1H3;2-3H2,1H3. The number of nitrogens with two attached hydrogens (primary N) is 8. The van der Waals surface area contributed by atoms with E-state index in [1.807, 2.05) is 27.7 Å². The van der Waals surface area contributed by atoms with Gasteiger partial charge >= 0.3 is 0 Å². The van der Waals surface area contributed by atoms with Gasteiger partial charge in [-0.15, -0.1) is 0 Å². The zero-order valence-electron chi connectivity index (χ0n) is 39.0. The summed E-state index contributed by atoms with van der Waals surface area (Å²) in [6, 6.07) is 1.50. The summed E-state index contributed by atoms with van der Waals surface area (Å²) in [5, 5.41) is 13.4. The van der Waals surface area contributed by atoms with Crippen LogP contribution in [0.25, 0.3) is 0 Å². The molecule has 1 rings (SSSR count). The van der Waals surface area contributed by atoms with Crippen LogP contribution in [0.15, 0.2) is 0 Å². The number of hydroxylamine groups is 3. The van der Waals surface area contributed by atoms with E-state index in [9.17, 15) is 5.21 Å². The summed E-state index contributed by atoms with van der Waals surface area (Å²) in [6.45, 7) is 33.2. The minimum absolute atomic E-state index is 0.250. The first-order chi connectivity index (χ1) is 24.1. The van der Waals surface area contributed by atoms with Gasteiger partial charge in [-0.05, 0) is 116 Å². The van der Waals surface area contributed by atoms with Crippen LogP contribution in [0, 0.1) is 17.0 Å². The van der Waals surface area contributed by atoms with Crippen molar-refractivity contribution in [2.45, 2.75) is 192 Å². The van der Waals surface area contributed by atoms with E-state index in [1.165, 1.54) is 77.2 Å². The highest BCUT2D eigenvalue weighted by Crippen LogP contribution is 2.04. The maximum absolute atomic E-state index is 10.0. The molecule has 1 saturated heterocycles. The van der Waals surface area contributed by atoms with Gasteiger partial charge in [0, 0.05) is 12.1 Å². The average molecular weight is 759 g/mol.